The number of aromatic nitrogens is 2. The van der Waals surface area contributed by atoms with Gasteiger partial charge in [0.15, 0.2) is 9.84 Å². The number of aryl methyl sites for hydroxylation is 1. The summed E-state index contributed by atoms with van der Waals surface area (Å²) < 4.78 is 64.5. The highest BCUT2D eigenvalue weighted by atomic mass is 32.2. The van der Waals surface area contributed by atoms with Crippen molar-refractivity contribution in [2.45, 2.75) is 69.5 Å². The van der Waals surface area contributed by atoms with Crippen LogP contribution in [0.2, 0.25) is 0 Å². The van der Waals surface area contributed by atoms with E-state index in [9.17, 15) is 21.6 Å². The van der Waals surface area contributed by atoms with Gasteiger partial charge in [0.05, 0.1) is 21.7 Å². The Labute approximate surface area is 157 Å². The van der Waals surface area contributed by atoms with Gasteiger partial charge < -0.3 is 4.57 Å². The maximum atomic E-state index is 12.5. The Hall–Kier alpha value is -1.57. The minimum absolute atomic E-state index is 0.0419. The summed E-state index contributed by atoms with van der Waals surface area (Å²) in [5, 5.41) is 0. The van der Waals surface area contributed by atoms with Crippen LogP contribution in [0.4, 0.5) is 13.2 Å². The van der Waals surface area contributed by atoms with Crippen molar-refractivity contribution >= 4 is 20.9 Å². The summed E-state index contributed by atoms with van der Waals surface area (Å²) in [6.45, 7) is 6.02. The first-order chi connectivity index (χ1) is 12.4. The predicted molar refractivity (Wildman–Crippen MR) is 98.5 cm³/mol. The molecule has 0 unspecified atom stereocenters. The van der Waals surface area contributed by atoms with Crippen molar-refractivity contribution in [2.75, 3.05) is 5.75 Å². The second-order valence-corrected chi connectivity index (χ2v) is 10.5. The fourth-order valence-corrected chi connectivity index (χ4v) is 4.94. The van der Waals surface area contributed by atoms with Crippen molar-refractivity contribution < 1.29 is 21.6 Å². The average Bonchev–Trinajstić information content (AvgIpc) is 3.23. The lowest BCUT2D eigenvalue weighted by Gasteiger charge is -2.20. The van der Waals surface area contributed by atoms with E-state index in [0.29, 0.717) is 16.9 Å². The maximum Gasteiger partial charge on any atom is 0.389 e. The van der Waals surface area contributed by atoms with Gasteiger partial charge in [-0.2, -0.15) is 13.2 Å². The second-order valence-electron chi connectivity index (χ2n) is 8.43. The number of sulfone groups is 1. The van der Waals surface area contributed by atoms with Crippen LogP contribution in [0, 0.1) is 5.92 Å². The predicted octanol–water partition coefficient (Wildman–Crippen LogP) is 4.86. The molecule has 1 aromatic carbocycles. The van der Waals surface area contributed by atoms with E-state index in [0.717, 1.165) is 12.8 Å². The molecule has 1 aromatic heterocycles. The monoisotopic (exact) mass is 402 g/mol. The minimum Gasteiger partial charge on any atom is -0.328 e. The third kappa shape index (κ3) is 4.83. The Bertz CT molecular complexity index is 936. The quantitative estimate of drug-likeness (QED) is 0.693. The first-order valence-electron chi connectivity index (χ1n) is 9.17. The number of benzene rings is 1. The molecular weight excluding hydrogens is 377 g/mol. The SMILES string of the molecule is CC(C)(C)c1nc2cc(S(=O)(=O)CC3CC3)ccc2n1CCCC(F)(F)F. The standard InChI is InChI=1S/C19H25F3N2O2S/c1-18(2,3)17-23-15-11-14(27(25,26)12-13-5-6-13)7-8-16(15)24(17)10-4-9-19(20,21)22/h7-8,11,13H,4-6,9-10,12H2,1-3H3. The summed E-state index contributed by atoms with van der Waals surface area (Å²) in [4.78, 5) is 4.82. The molecule has 1 saturated carbocycles. The van der Waals surface area contributed by atoms with Crippen LogP contribution in [0.5, 0.6) is 0 Å². The van der Waals surface area contributed by atoms with Crippen molar-refractivity contribution in [3.63, 3.8) is 0 Å². The largest absolute Gasteiger partial charge is 0.389 e. The highest BCUT2D eigenvalue weighted by Crippen LogP contribution is 2.34. The molecule has 1 aliphatic rings. The van der Waals surface area contributed by atoms with Gasteiger partial charge in [-0.25, -0.2) is 13.4 Å². The summed E-state index contributed by atoms with van der Waals surface area (Å²) in [5.41, 5.74) is 0.820. The normalized spacial score (nSPS) is 16.2. The molecule has 0 radical (unpaired) electrons. The molecule has 0 bridgehead atoms. The minimum atomic E-state index is -4.19. The van der Waals surface area contributed by atoms with E-state index in [-0.39, 0.29) is 34.9 Å². The third-order valence-corrected chi connectivity index (χ3v) is 6.63. The number of imidazole rings is 1. The molecule has 0 amide bonds. The molecule has 0 spiro atoms. The lowest BCUT2D eigenvalue weighted by atomic mass is 9.95. The second kappa shape index (κ2) is 6.79. The zero-order valence-electron chi connectivity index (χ0n) is 15.8. The van der Waals surface area contributed by atoms with Crippen LogP contribution in [-0.4, -0.2) is 29.9 Å². The number of rotatable bonds is 6. The van der Waals surface area contributed by atoms with Gasteiger partial charge in [0, 0.05) is 18.4 Å². The molecule has 1 fully saturated rings. The van der Waals surface area contributed by atoms with Gasteiger partial charge in [-0.05, 0) is 43.4 Å². The van der Waals surface area contributed by atoms with Gasteiger partial charge in [0.2, 0.25) is 0 Å². The van der Waals surface area contributed by atoms with Crippen LogP contribution in [0.15, 0.2) is 23.1 Å². The molecule has 2 aromatic rings. The molecule has 0 saturated heterocycles. The molecule has 3 rings (SSSR count). The Kier molecular flexibility index (Phi) is 5.08. The Morgan fingerprint density at radius 2 is 1.85 bits per heavy atom. The number of fused-ring (bicyclic) bond motifs is 1. The van der Waals surface area contributed by atoms with Crippen LogP contribution in [0.1, 0.15) is 52.3 Å². The zero-order valence-corrected chi connectivity index (χ0v) is 16.6. The molecule has 4 nitrogen and oxygen atoms in total. The van der Waals surface area contributed by atoms with Crippen molar-refractivity contribution in [2.24, 2.45) is 5.92 Å². The van der Waals surface area contributed by atoms with Crippen molar-refractivity contribution in [3.8, 4) is 0 Å². The molecule has 150 valence electrons. The third-order valence-electron chi connectivity index (χ3n) is 4.74. The Balaban J connectivity index is 1.97. The van der Waals surface area contributed by atoms with E-state index in [1.807, 2.05) is 20.8 Å². The molecule has 1 aliphatic carbocycles. The molecule has 0 atom stereocenters. The summed E-state index contributed by atoms with van der Waals surface area (Å²) in [6.07, 6.45) is -3.20. The maximum absolute atomic E-state index is 12.5. The Morgan fingerprint density at radius 3 is 2.41 bits per heavy atom. The van der Waals surface area contributed by atoms with Gasteiger partial charge in [-0.1, -0.05) is 20.8 Å². The van der Waals surface area contributed by atoms with Crippen LogP contribution in [0.25, 0.3) is 11.0 Å². The number of halogens is 3. The molecule has 0 N–H and O–H groups in total. The Morgan fingerprint density at radius 1 is 1.19 bits per heavy atom. The van der Waals surface area contributed by atoms with E-state index in [4.69, 9.17) is 0 Å². The topological polar surface area (TPSA) is 52.0 Å². The van der Waals surface area contributed by atoms with Crippen LogP contribution < -0.4 is 0 Å². The van der Waals surface area contributed by atoms with Crippen LogP contribution >= 0.6 is 0 Å². The summed E-state index contributed by atoms with van der Waals surface area (Å²) in [7, 11) is -3.36. The van der Waals surface area contributed by atoms with Gasteiger partial charge in [0.25, 0.3) is 0 Å². The lowest BCUT2D eigenvalue weighted by Crippen LogP contribution is -2.20. The summed E-state index contributed by atoms with van der Waals surface area (Å²) in [5.74, 6) is 1.06. The number of alkyl halides is 3. The number of hydrogen-bond donors (Lipinski definition) is 0. The number of nitrogens with zero attached hydrogens (tertiary/aromatic N) is 2. The first kappa shape index (κ1) is 20.2. The van der Waals surface area contributed by atoms with E-state index in [1.54, 1.807) is 22.8 Å². The van der Waals surface area contributed by atoms with E-state index >= 15 is 0 Å². The van der Waals surface area contributed by atoms with Crippen molar-refractivity contribution in [1.29, 1.82) is 0 Å². The van der Waals surface area contributed by atoms with Crippen molar-refractivity contribution in [3.05, 3.63) is 24.0 Å². The molecule has 8 heteroatoms. The molecule has 27 heavy (non-hydrogen) atoms. The fraction of sp³-hybridized carbons (Fsp3) is 0.632. The van der Waals surface area contributed by atoms with E-state index in [1.165, 1.54) is 0 Å². The lowest BCUT2D eigenvalue weighted by molar-refractivity contribution is -0.135. The molecular formula is C19H25F3N2O2S. The van der Waals surface area contributed by atoms with Crippen molar-refractivity contribution in [1.82, 2.24) is 9.55 Å². The zero-order chi connectivity index (χ0) is 20.0. The van der Waals surface area contributed by atoms with Gasteiger partial charge in [-0.3, -0.25) is 0 Å². The fourth-order valence-electron chi connectivity index (χ4n) is 3.23. The van der Waals surface area contributed by atoms with Gasteiger partial charge in [0.1, 0.15) is 5.82 Å². The van der Waals surface area contributed by atoms with Crippen LogP contribution in [0.3, 0.4) is 0 Å². The number of hydrogen-bond acceptors (Lipinski definition) is 3. The highest BCUT2D eigenvalue weighted by molar-refractivity contribution is 7.91. The van der Waals surface area contributed by atoms with E-state index < -0.39 is 22.4 Å². The first-order valence-corrected chi connectivity index (χ1v) is 10.8. The summed E-state index contributed by atoms with van der Waals surface area (Å²) in [6, 6.07) is 4.78. The van der Waals surface area contributed by atoms with E-state index in [2.05, 4.69) is 4.98 Å². The van der Waals surface area contributed by atoms with Gasteiger partial charge in [-0.15, -0.1) is 0 Å². The summed E-state index contributed by atoms with van der Waals surface area (Å²) >= 11 is 0. The smallest absolute Gasteiger partial charge is 0.328 e. The van der Waals surface area contributed by atoms with Crippen LogP contribution in [-0.2, 0) is 21.8 Å². The van der Waals surface area contributed by atoms with Gasteiger partial charge >= 0.3 is 6.18 Å². The average molecular weight is 402 g/mol. The molecule has 0 aliphatic heterocycles. The molecule has 1 heterocycles. The highest BCUT2D eigenvalue weighted by Gasteiger charge is 2.30.